The number of allylic oxidation sites excluding steroid dienone is 6. The molecule has 446 valence electrons. The van der Waals surface area contributed by atoms with Crippen molar-refractivity contribution >= 4 is 25.7 Å². The molecule has 0 spiro atoms. The molecule has 11 nitrogen and oxygen atoms in total. The Labute approximate surface area is 467 Å². The van der Waals surface area contributed by atoms with Crippen LogP contribution in [-0.4, -0.2) is 66.5 Å². The van der Waals surface area contributed by atoms with Gasteiger partial charge in [0, 0.05) is 19.3 Å². The van der Waals surface area contributed by atoms with Crippen molar-refractivity contribution in [2.75, 3.05) is 26.4 Å². The van der Waals surface area contributed by atoms with Crippen molar-refractivity contribution < 1.29 is 52.2 Å². The van der Waals surface area contributed by atoms with E-state index in [1.165, 1.54) is 180 Å². The highest BCUT2D eigenvalue weighted by Gasteiger charge is 2.28. The van der Waals surface area contributed by atoms with E-state index in [1.54, 1.807) is 0 Å². The number of carbonyl (C=O) groups is 3. The molecule has 0 bridgehead atoms. The van der Waals surface area contributed by atoms with Crippen molar-refractivity contribution in [2.24, 2.45) is 0 Å². The Morgan fingerprint density at radius 1 is 0.368 bits per heavy atom. The Kier molecular flexibility index (Phi) is 57.1. The number of phosphoric ester groups is 1. The normalized spacial score (nSPS) is 13.5. The lowest BCUT2D eigenvalue weighted by atomic mass is 10.0. The number of phosphoric acid groups is 1. The van der Waals surface area contributed by atoms with Crippen molar-refractivity contribution in [1.82, 2.24) is 0 Å². The van der Waals surface area contributed by atoms with E-state index in [1.807, 2.05) is 0 Å². The van der Waals surface area contributed by atoms with Crippen molar-refractivity contribution in [2.45, 2.75) is 328 Å². The minimum Gasteiger partial charge on any atom is -0.462 e. The Hall–Kier alpha value is -2.30. The molecule has 0 saturated heterocycles. The van der Waals surface area contributed by atoms with Gasteiger partial charge in [-0.15, -0.1) is 0 Å². The van der Waals surface area contributed by atoms with Crippen LogP contribution in [0.5, 0.6) is 0 Å². The third kappa shape index (κ3) is 56.4. The molecule has 0 aliphatic carbocycles. The fourth-order valence-corrected chi connectivity index (χ4v) is 9.93. The zero-order valence-electron chi connectivity index (χ0n) is 49.5. The van der Waals surface area contributed by atoms with E-state index in [2.05, 4.69) is 57.2 Å². The molecule has 0 aliphatic rings. The second-order valence-electron chi connectivity index (χ2n) is 21.6. The summed E-state index contributed by atoms with van der Waals surface area (Å²) in [5.74, 6) is -1.45. The summed E-state index contributed by atoms with van der Waals surface area (Å²) in [6, 6.07) is 0. The van der Waals surface area contributed by atoms with Crippen LogP contribution in [0, 0.1) is 0 Å². The predicted molar refractivity (Wildman–Crippen MR) is 316 cm³/mol. The number of hydrogen-bond acceptors (Lipinski definition) is 10. The third-order valence-electron chi connectivity index (χ3n) is 14.0. The van der Waals surface area contributed by atoms with Gasteiger partial charge in [0.2, 0.25) is 0 Å². The highest BCUT2D eigenvalue weighted by Crippen LogP contribution is 2.43. The molecule has 3 unspecified atom stereocenters. The topological polar surface area (TPSA) is 155 Å². The number of hydrogen-bond donors (Lipinski definition) is 2. The zero-order chi connectivity index (χ0) is 55.5. The lowest BCUT2D eigenvalue weighted by Gasteiger charge is -2.21. The quantitative estimate of drug-likeness (QED) is 0.0197. The zero-order valence-corrected chi connectivity index (χ0v) is 50.4. The molecule has 76 heavy (non-hydrogen) atoms. The van der Waals surface area contributed by atoms with Crippen LogP contribution in [0.2, 0.25) is 0 Å². The fraction of sp³-hybridized carbons (Fsp3) is 0.859. The van der Waals surface area contributed by atoms with E-state index in [0.29, 0.717) is 19.3 Å². The summed E-state index contributed by atoms with van der Waals surface area (Å²) in [7, 11) is -4.75. The van der Waals surface area contributed by atoms with Gasteiger partial charge in [0.25, 0.3) is 0 Å². The number of esters is 3. The standard InChI is InChI=1S/C64H119O11P/c1-4-7-10-13-16-19-22-25-27-29-30-32-33-36-38-41-44-47-50-53-62(66)71-57-61(75-64(68)55-52-49-46-43-40-37-34-31-28-26-23-20-17-14-11-8-5-2)59-73-76(69,70)72-58-60(56-65)74-63(67)54-51-48-45-42-39-35-24-21-18-15-12-9-6-3/h17,20,25-28,60-61,65H,4-16,18-19,21-24,29-59H2,1-3H3,(H,69,70)/b20-17-,27-25-,28-26-. The summed E-state index contributed by atoms with van der Waals surface area (Å²) in [4.78, 5) is 48.7. The van der Waals surface area contributed by atoms with Gasteiger partial charge in [-0.25, -0.2) is 4.57 Å². The van der Waals surface area contributed by atoms with E-state index in [0.717, 1.165) is 77.0 Å². The highest BCUT2D eigenvalue weighted by molar-refractivity contribution is 7.47. The largest absolute Gasteiger partial charge is 0.472 e. The van der Waals surface area contributed by atoms with Gasteiger partial charge in [0.1, 0.15) is 12.7 Å². The lowest BCUT2D eigenvalue weighted by molar-refractivity contribution is -0.161. The Balaban J connectivity index is 4.68. The van der Waals surface area contributed by atoms with Gasteiger partial charge < -0.3 is 24.2 Å². The molecular weight excluding hydrogens is 976 g/mol. The Morgan fingerprint density at radius 3 is 1.01 bits per heavy atom. The van der Waals surface area contributed by atoms with Crippen molar-refractivity contribution in [3.05, 3.63) is 36.5 Å². The number of ether oxygens (including phenoxy) is 3. The van der Waals surface area contributed by atoms with Gasteiger partial charge in [-0.2, -0.15) is 0 Å². The third-order valence-corrected chi connectivity index (χ3v) is 15.0. The summed E-state index contributed by atoms with van der Waals surface area (Å²) in [6.45, 7) is 4.66. The molecule has 2 N–H and O–H groups in total. The lowest BCUT2D eigenvalue weighted by Crippen LogP contribution is -2.30. The monoisotopic (exact) mass is 1090 g/mol. The van der Waals surface area contributed by atoms with Crippen LogP contribution in [0.3, 0.4) is 0 Å². The number of rotatable bonds is 60. The maximum atomic E-state index is 12.9. The van der Waals surface area contributed by atoms with Crippen molar-refractivity contribution in [1.29, 1.82) is 0 Å². The van der Waals surface area contributed by atoms with E-state index >= 15 is 0 Å². The maximum Gasteiger partial charge on any atom is 0.472 e. The Bertz CT molecular complexity index is 1420. The van der Waals surface area contributed by atoms with Gasteiger partial charge in [-0.3, -0.25) is 23.4 Å². The highest BCUT2D eigenvalue weighted by atomic mass is 31.2. The van der Waals surface area contributed by atoms with Crippen LogP contribution >= 0.6 is 7.82 Å². The molecule has 0 fully saturated rings. The van der Waals surface area contributed by atoms with Gasteiger partial charge in [-0.1, -0.05) is 256 Å². The number of unbranched alkanes of at least 4 members (excludes halogenated alkanes) is 37. The summed E-state index contributed by atoms with van der Waals surface area (Å²) in [5, 5.41) is 9.83. The molecule has 0 heterocycles. The number of carbonyl (C=O) groups excluding carboxylic acids is 3. The van der Waals surface area contributed by atoms with E-state index in [9.17, 15) is 28.9 Å². The smallest absolute Gasteiger partial charge is 0.462 e. The first-order valence-electron chi connectivity index (χ1n) is 31.9. The summed E-state index contributed by atoms with van der Waals surface area (Å²) >= 11 is 0. The summed E-state index contributed by atoms with van der Waals surface area (Å²) < 4.78 is 39.7. The van der Waals surface area contributed by atoms with Crippen LogP contribution in [-0.2, 0) is 42.2 Å². The van der Waals surface area contributed by atoms with Gasteiger partial charge >= 0.3 is 25.7 Å². The van der Waals surface area contributed by atoms with Gasteiger partial charge in [0.05, 0.1) is 19.8 Å². The van der Waals surface area contributed by atoms with Crippen molar-refractivity contribution in [3.63, 3.8) is 0 Å². The number of aliphatic hydroxyl groups is 1. The first-order chi connectivity index (χ1) is 37.2. The molecule has 3 atom stereocenters. The minimum absolute atomic E-state index is 0.162. The van der Waals surface area contributed by atoms with Crippen molar-refractivity contribution in [3.8, 4) is 0 Å². The second kappa shape index (κ2) is 58.8. The van der Waals surface area contributed by atoms with Crippen LogP contribution in [0.15, 0.2) is 36.5 Å². The van der Waals surface area contributed by atoms with Gasteiger partial charge in [-0.05, 0) is 77.0 Å². The summed E-state index contributed by atoms with van der Waals surface area (Å²) in [6.07, 6.45) is 62.3. The average Bonchev–Trinajstić information content (AvgIpc) is 3.41. The molecule has 0 saturated carbocycles. The maximum absolute atomic E-state index is 12.9. The predicted octanol–water partition coefficient (Wildman–Crippen LogP) is 19.2. The van der Waals surface area contributed by atoms with E-state index in [-0.39, 0.29) is 25.9 Å². The minimum atomic E-state index is -4.75. The molecule has 0 aliphatic heterocycles. The van der Waals surface area contributed by atoms with Crippen LogP contribution < -0.4 is 0 Å². The molecule has 0 aromatic rings. The first-order valence-corrected chi connectivity index (χ1v) is 33.4. The second-order valence-corrected chi connectivity index (χ2v) is 23.0. The molecule has 0 amide bonds. The van der Waals surface area contributed by atoms with Gasteiger partial charge in [0.15, 0.2) is 6.10 Å². The molecule has 12 heteroatoms. The molecule has 0 aromatic carbocycles. The summed E-state index contributed by atoms with van der Waals surface area (Å²) in [5.41, 5.74) is 0. The molecule has 0 aromatic heterocycles. The molecular formula is C64H119O11P. The Morgan fingerprint density at radius 2 is 0.645 bits per heavy atom. The molecule has 0 rings (SSSR count). The first kappa shape index (κ1) is 73.7. The van der Waals surface area contributed by atoms with Crippen LogP contribution in [0.25, 0.3) is 0 Å². The van der Waals surface area contributed by atoms with E-state index < -0.39 is 57.8 Å². The van der Waals surface area contributed by atoms with E-state index in [4.69, 9.17) is 23.3 Å². The SMILES string of the molecule is CCCCC/C=C\C/C=C\CCCCCCCCCC(=O)OC(COC(=O)CCCCCCCCCCC/C=C\CCCCCCCC)COP(=O)(O)OCC(CO)OC(=O)CCCCCCCCCCCCCCC. The number of aliphatic hydroxyl groups excluding tert-OH is 1. The average molecular weight is 1100 g/mol. The fourth-order valence-electron chi connectivity index (χ4n) is 9.15. The van der Waals surface area contributed by atoms with Crippen LogP contribution in [0.4, 0.5) is 0 Å². The van der Waals surface area contributed by atoms with Crippen LogP contribution in [0.1, 0.15) is 316 Å². The molecule has 0 radical (unpaired) electrons.